The normalized spacial score (nSPS) is 52.2. The van der Waals surface area contributed by atoms with Crippen LogP contribution in [0.2, 0.25) is 0 Å². The molecule has 3 saturated carbocycles. The van der Waals surface area contributed by atoms with Crippen LogP contribution in [0.3, 0.4) is 0 Å². The lowest BCUT2D eigenvalue weighted by molar-refractivity contribution is -0.179. The van der Waals surface area contributed by atoms with Crippen molar-refractivity contribution < 1.29 is 9.90 Å². The van der Waals surface area contributed by atoms with E-state index in [9.17, 15) is 9.90 Å². The molecular weight excluding hydrogens is 200 g/mol. The van der Waals surface area contributed by atoms with Crippen LogP contribution in [0, 0.1) is 23.7 Å². The van der Waals surface area contributed by atoms with E-state index in [0.717, 1.165) is 38.5 Å². The quantitative estimate of drug-likeness (QED) is 0.684. The molecule has 2 bridgehead atoms. The average Bonchev–Trinajstić information content (AvgIpc) is 2.27. The second kappa shape index (κ2) is 3.56. The summed E-state index contributed by atoms with van der Waals surface area (Å²) in [5, 5.41) is 10.9. The highest BCUT2D eigenvalue weighted by molar-refractivity contribution is 5.86. The summed E-state index contributed by atoms with van der Waals surface area (Å²) in [6.45, 7) is 2.20. The number of carbonyl (C=O) groups is 1. The Kier molecular flexibility index (Phi) is 2.39. The Bertz CT molecular complexity index is 312. The molecule has 5 atom stereocenters. The van der Waals surface area contributed by atoms with Gasteiger partial charge in [0.15, 0.2) is 0 Å². The molecule has 0 spiro atoms. The minimum absolute atomic E-state index is 0.0206. The summed E-state index contributed by atoms with van der Waals surface area (Å²) in [4.78, 5) is 12.3. The van der Waals surface area contributed by atoms with Crippen molar-refractivity contribution in [2.24, 2.45) is 23.7 Å². The van der Waals surface area contributed by atoms with E-state index in [0.29, 0.717) is 17.6 Å². The van der Waals surface area contributed by atoms with Gasteiger partial charge in [0.05, 0.1) is 5.60 Å². The van der Waals surface area contributed by atoms with Crippen LogP contribution in [0.4, 0.5) is 0 Å². The first-order valence-corrected chi connectivity index (χ1v) is 6.90. The van der Waals surface area contributed by atoms with E-state index >= 15 is 0 Å². The molecule has 0 saturated heterocycles. The van der Waals surface area contributed by atoms with Gasteiger partial charge in [0, 0.05) is 11.8 Å². The average molecular weight is 222 g/mol. The van der Waals surface area contributed by atoms with Crippen molar-refractivity contribution in [3.8, 4) is 0 Å². The summed E-state index contributed by atoms with van der Waals surface area (Å²) < 4.78 is 0. The fourth-order valence-corrected chi connectivity index (χ4v) is 4.74. The fraction of sp³-hybridized carbons (Fsp3) is 0.929. The molecule has 0 heterocycles. The molecule has 3 rings (SSSR count). The molecule has 0 aromatic carbocycles. The zero-order valence-electron chi connectivity index (χ0n) is 10.1. The molecule has 16 heavy (non-hydrogen) atoms. The minimum atomic E-state index is -0.633. The lowest BCUT2D eigenvalue weighted by Gasteiger charge is -2.55. The van der Waals surface area contributed by atoms with Gasteiger partial charge >= 0.3 is 0 Å². The Morgan fingerprint density at radius 3 is 2.81 bits per heavy atom. The van der Waals surface area contributed by atoms with Gasteiger partial charge in [-0.25, -0.2) is 0 Å². The van der Waals surface area contributed by atoms with Crippen LogP contribution >= 0.6 is 0 Å². The molecule has 2 nitrogen and oxygen atoms in total. The minimum Gasteiger partial charge on any atom is -0.389 e. The van der Waals surface area contributed by atoms with Gasteiger partial charge < -0.3 is 5.11 Å². The SMILES string of the molecule is CC1C2CCC[C@@H](C2=O)C2(O)CCCCC12. The number of ketones is 1. The van der Waals surface area contributed by atoms with Crippen LogP contribution in [0.25, 0.3) is 0 Å². The zero-order chi connectivity index (χ0) is 11.3. The van der Waals surface area contributed by atoms with Crippen molar-refractivity contribution in [1.82, 2.24) is 0 Å². The van der Waals surface area contributed by atoms with E-state index in [1.165, 1.54) is 6.42 Å². The maximum atomic E-state index is 12.3. The van der Waals surface area contributed by atoms with E-state index in [1.807, 2.05) is 0 Å². The predicted molar refractivity (Wildman–Crippen MR) is 61.9 cm³/mol. The summed E-state index contributed by atoms with van der Waals surface area (Å²) in [5.41, 5.74) is -0.633. The first kappa shape index (κ1) is 10.8. The number of hydrogen-bond donors (Lipinski definition) is 1. The van der Waals surface area contributed by atoms with Gasteiger partial charge in [0.1, 0.15) is 5.78 Å². The molecule has 1 N–H and O–H groups in total. The van der Waals surface area contributed by atoms with E-state index < -0.39 is 5.60 Å². The summed E-state index contributed by atoms with van der Waals surface area (Å²) in [5.74, 6) is 1.44. The zero-order valence-corrected chi connectivity index (χ0v) is 10.1. The van der Waals surface area contributed by atoms with Crippen LogP contribution in [0.15, 0.2) is 0 Å². The summed E-state index contributed by atoms with van der Waals surface area (Å²) in [6.07, 6.45) is 7.50. The molecule has 0 aromatic rings. The second-order valence-corrected chi connectivity index (χ2v) is 6.19. The lowest BCUT2D eigenvalue weighted by Crippen LogP contribution is -2.61. The number of aliphatic hydroxyl groups is 1. The highest BCUT2D eigenvalue weighted by Gasteiger charge is 2.58. The number of Topliss-reactive ketones (excluding diaryl/α,β-unsaturated/α-hetero) is 1. The molecule has 2 heteroatoms. The van der Waals surface area contributed by atoms with E-state index in [2.05, 4.69) is 6.92 Å². The molecule has 90 valence electrons. The molecule has 0 aliphatic heterocycles. The van der Waals surface area contributed by atoms with Gasteiger partial charge in [-0.3, -0.25) is 4.79 Å². The number of rotatable bonds is 0. The van der Waals surface area contributed by atoms with Crippen LogP contribution < -0.4 is 0 Å². The summed E-state index contributed by atoms with van der Waals surface area (Å²) in [7, 11) is 0. The standard InChI is InChI=1S/C14H22O2/c1-9-10-5-4-7-12(13(10)15)14(16)8-3-2-6-11(9)14/h9-12,16H,2-8H2,1H3/t9?,10?,11?,12-,14?/m0/s1. The largest absolute Gasteiger partial charge is 0.389 e. The number of carbonyl (C=O) groups excluding carboxylic acids is 1. The summed E-state index contributed by atoms with van der Waals surface area (Å²) >= 11 is 0. The highest BCUT2D eigenvalue weighted by Crippen LogP contribution is 2.54. The maximum Gasteiger partial charge on any atom is 0.142 e. The molecular formula is C14H22O2. The summed E-state index contributed by atoms with van der Waals surface area (Å²) in [6, 6.07) is 0. The number of fused-ring (bicyclic) bond motifs is 4. The van der Waals surface area contributed by atoms with Gasteiger partial charge in [0.2, 0.25) is 0 Å². The molecule has 0 aromatic heterocycles. The number of hydrogen-bond acceptors (Lipinski definition) is 2. The highest BCUT2D eigenvalue weighted by atomic mass is 16.3. The first-order chi connectivity index (χ1) is 7.64. The van der Waals surface area contributed by atoms with Gasteiger partial charge in [0.25, 0.3) is 0 Å². The van der Waals surface area contributed by atoms with Crippen molar-refractivity contribution in [2.45, 2.75) is 57.5 Å². The van der Waals surface area contributed by atoms with Crippen LogP contribution in [-0.4, -0.2) is 16.5 Å². The van der Waals surface area contributed by atoms with Crippen molar-refractivity contribution in [2.75, 3.05) is 0 Å². The van der Waals surface area contributed by atoms with E-state index in [-0.39, 0.29) is 11.8 Å². The Labute approximate surface area is 97.4 Å². The topological polar surface area (TPSA) is 37.3 Å². The molecule has 3 aliphatic rings. The Balaban J connectivity index is 2.00. The molecule has 4 unspecified atom stereocenters. The Hall–Kier alpha value is -0.370. The van der Waals surface area contributed by atoms with Crippen LogP contribution in [0.1, 0.15) is 51.9 Å². The lowest BCUT2D eigenvalue weighted by atomic mass is 9.51. The molecule has 0 amide bonds. The molecule has 3 aliphatic carbocycles. The predicted octanol–water partition coefficient (Wildman–Crippen LogP) is 2.54. The first-order valence-electron chi connectivity index (χ1n) is 6.90. The van der Waals surface area contributed by atoms with Crippen molar-refractivity contribution in [1.29, 1.82) is 0 Å². The van der Waals surface area contributed by atoms with Crippen LogP contribution in [-0.2, 0) is 4.79 Å². The third-order valence-electron chi connectivity index (χ3n) is 5.57. The molecule has 0 radical (unpaired) electrons. The maximum absolute atomic E-state index is 12.3. The third kappa shape index (κ3) is 1.25. The van der Waals surface area contributed by atoms with E-state index in [1.54, 1.807) is 0 Å². The second-order valence-electron chi connectivity index (χ2n) is 6.19. The van der Waals surface area contributed by atoms with Gasteiger partial charge in [-0.15, -0.1) is 0 Å². The van der Waals surface area contributed by atoms with Gasteiger partial charge in [-0.05, 0) is 37.5 Å². The third-order valence-corrected chi connectivity index (χ3v) is 5.57. The smallest absolute Gasteiger partial charge is 0.142 e. The van der Waals surface area contributed by atoms with Crippen molar-refractivity contribution >= 4 is 5.78 Å². The fourth-order valence-electron chi connectivity index (χ4n) is 4.74. The van der Waals surface area contributed by atoms with Gasteiger partial charge in [-0.2, -0.15) is 0 Å². The van der Waals surface area contributed by atoms with Crippen molar-refractivity contribution in [3.63, 3.8) is 0 Å². The Morgan fingerprint density at radius 1 is 1.19 bits per heavy atom. The van der Waals surface area contributed by atoms with Crippen molar-refractivity contribution in [3.05, 3.63) is 0 Å². The Morgan fingerprint density at radius 2 is 2.00 bits per heavy atom. The van der Waals surface area contributed by atoms with Crippen LogP contribution in [0.5, 0.6) is 0 Å². The van der Waals surface area contributed by atoms with E-state index in [4.69, 9.17) is 0 Å². The monoisotopic (exact) mass is 222 g/mol. The van der Waals surface area contributed by atoms with Gasteiger partial charge in [-0.1, -0.05) is 26.2 Å². The molecule has 3 fully saturated rings.